The number of nitrogens with zero attached hydrogens (tertiary/aromatic N) is 2. The summed E-state index contributed by atoms with van der Waals surface area (Å²) in [7, 11) is 0. The van der Waals surface area contributed by atoms with Crippen molar-refractivity contribution in [2.45, 2.75) is 36.9 Å². The highest BCUT2D eigenvalue weighted by molar-refractivity contribution is 7.99. The zero-order chi connectivity index (χ0) is 14.7. The highest BCUT2D eigenvalue weighted by Gasteiger charge is 2.45. The van der Waals surface area contributed by atoms with Gasteiger partial charge in [-0.15, -0.1) is 0 Å². The number of hydrogen-bond acceptors (Lipinski definition) is 4. The number of nitrogens with one attached hydrogen (secondary N) is 2. The first-order chi connectivity index (χ1) is 10.3. The van der Waals surface area contributed by atoms with E-state index in [9.17, 15) is 5.26 Å². The minimum absolute atomic E-state index is 0.403. The summed E-state index contributed by atoms with van der Waals surface area (Å²) in [5.41, 5.74) is 1.63. The molecule has 1 aromatic carbocycles. The van der Waals surface area contributed by atoms with E-state index in [0.717, 1.165) is 47.7 Å². The van der Waals surface area contributed by atoms with Crippen LogP contribution in [-0.2, 0) is 0 Å². The van der Waals surface area contributed by atoms with E-state index < -0.39 is 5.54 Å². The number of benzene rings is 1. The monoisotopic (exact) mass is 300 g/mol. The fourth-order valence-corrected chi connectivity index (χ4v) is 3.69. The molecule has 110 valence electrons. The van der Waals surface area contributed by atoms with Gasteiger partial charge in [0, 0.05) is 5.75 Å². The number of rotatable bonds is 7. The van der Waals surface area contributed by atoms with Crippen LogP contribution in [0.4, 0.5) is 0 Å². The number of nitriles is 1. The van der Waals surface area contributed by atoms with Crippen LogP contribution in [0, 0.1) is 17.2 Å². The predicted octanol–water partition coefficient (Wildman–Crippen LogP) is 3.33. The van der Waals surface area contributed by atoms with E-state index in [1.54, 1.807) is 11.8 Å². The molecule has 0 spiro atoms. The first-order valence-electron chi connectivity index (χ1n) is 7.51. The number of para-hydroxylation sites is 2. The summed E-state index contributed by atoms with van der Waals surface area (Å²) in [5, 5.41) is 14.0. The van der Waals surface area contributed by atoms with Crippen molar-refractivity contribution < 1.29 is 0 Å². The Hall–Kier alpha value is -1.51. The molecule has 3 rings (SSSR count). The molecular formula is C16H20N4S. The Morgan fingerprint density at radius 3 is 2.95 bits per heavy atom. The summed E-state index contributed by atoms with van der Waals surface area (Å²) in [6.07, 6.45) is 3.36. The second kappa shape index (κ2) is 6.08. The normalized spacial score (nSPS) is 17.5. The van der Waals surface area contributed by atoms with Gasteiger partial charge in [0.05, 0.1) is 17.1 Å². The Morgan fingerprint density at radius 2 is 2.29 bits per heavy atom. The molecule has 0 radical (unpaired) electrons. The van der Waals surface area contributed by atoms with E-state index in [1.165, 1.54) is 0 Å². The lowest BCUT2D eigenvalue weighted by Crippen LogP contribution is -2.48. The lowest BCUT2D eigenvalue weighted by atomic mass is 9.97. The van der Waals surface area contributed by atoms with Crippen LogP contribution in [0.15, 0.2) is 29.4 Å². The molecule has 1 fully saturated rings. The van der Waals surface area contributed by atoms with Gasteiger partial charge in [0.15, 0.2) is 5.16 Å². The van der Waals surface area contributed by atoms with E-state index in [1.807, 2.05) is 24.3 Å². The summed E-state index contributed by atoms with van der Waals surface area (Å²) >= 11 is 1.64. The SMILES string of the molecule is CCCNC(C#N)(CSc1nc2ccccc2[nH]1)C1CC1. The molecule has 4 nitrogen and oxygen atoms in total. The van der Waals surface area contributed by atoms with Crippen molar-refractivity contribution in [1.82, 2.24) is 15.3 Å². The van der Waals surface area contributed by atoms with E-state index in [4.69, 9.17) is 0 Å². The van der Waals surface area contributed by atoms with E-state index >= 15 is 0 Å². The molecule has 1 aromatic heterocycles. The molecule has 1 saturated carbocycles. The van der Waals surface area contributed by atoms with E-state index in [0.29, 0.717) is 5.92 Å². The van der Waals surface area contributed by atoms with Crippen molar-refractivity contribution in [3.05, 3.63) is 24.3 Å². The fourth-order valence-electron chi connectivity index (χ4n) is 2.58. The molecule has 0 aliphatic heterocycles. The molecule has 1 unspecified atom stereocenters. The minimum Gasteiger partial charge on any atom is -0.333 e. The average molecular weight is 300 g/mol. The molecule has 0 amide bonds. The third-order valence-corrected chi connectivity index (χ3v) is 5.03. The Labute approximate surface area is 129 Å². The van der Waals surface area contributed by atoms with Crippen LogP contribution in [0.5, 0.6) is 0 Å². The maximum absolute atomic E-state index is 9.67. The van der Waals surface area contributed by atoms with Crippen molar-refractivity contribution in [3.63, 3.8) is 0 Å². The third-order valence-electron chi connectivity index (χ3n) is 3.97. The van der Waals surface area contributed by atoms with Crippen molar-refractivity contribution >= 4 is 22.8 Å². The number of aromatic amines is 1. The summed E-state index contributed by atoms with van der Waals surface area (Å²) in [5.74, 6) is 1.24. The number of fused-ring (bicyclic) bond motifs is 1. The molecule has 21 heavy (non-hydrogen) atoms. The van der Waals surface area contributed by atoms with Gasteiger partial charge < -0.3 is 4.98 Å². The second-order valence-corrected chi connectivity index (χ2v) is 6.60. The molecule has 2 aromatic rings. The number of hydrogen-bond donors (Lipinski definition) is 2. The number of thioether (sulfide) groups is 1. The van der Waals surface area contributed by atoms with Crippen molar-refractivity contribution in [1.29, 1.82) is 5.26 Å². The highest BCUT2D eigenvalue weighted by atomic mass is 32.2. The van der Waals surface area contributed by atoms with E-state index in [-0.39, 0.29) is 0 Å². The van der Waals surface area contributed by atoms with Crippen LogP contribution in [0.3, 0.4) is 0 Å². The van der Waals surface area contributed by atoms with Crippen LogP contribution < -0.4 is 5.32 Å². The second-order valence-electron chi connectivity index (χ2n) is 5.63. The highest BCUT2D eigenvalue weighted by Crippen LogP contribution is 2.42. The number of H-pyrrole nitrogens is 1. The van der Waals surface area contributed by atoms with Crippen LogP contribution in [0.25, 0.3) is 11.0 Å². The molecule has 1 heterocycles. The predicted molar refractivity (Wildman–Crippen MR) is 86.2 cm³/mol. The summed E-state index contributed by atoms with van der Waals surface area (Å²) in [6.45, 7) is 3.03. The van der Waals surface area contributed by atoms with Gasteiger partial charge in [-0.05, 0) is 43.9 Å². The summed E-state index contributed by atoms with van der Waals surface area (Å²) in [6, 6.07) is 10.6. The summed E-state index contributed by atoms with van der Waals surface area (Å²) < 4.78 is 0. The van der Waals surface area contributed by atoms with Gasteiger partial charge in [0.1, 0.15) is 5.54 Å². The quantitative estimate of drug-likeness (QED) is 0.770. The van der Waals surface area contributed by atoms with Gasteiger partial charge in [0.25, 0.3) is 0 Å². The molecule has 0 saturated heterocycles. The zero-order valence-corrected chi connectivity index (χ0v) is 13.0. The molecule has 1 aliphatic carbocycles. The van der Waals surface area contributed by atoms with Crippen LogP contribution >= 0.6 is 11.8 Å². The van der Waals surface area contributed by atoms with Crippen molar-refractivity contribution in [2.24, 2.45) is 5.92 Å². The van der Waals surface area contributed by atoms with Gasteiger partial charge in [-0.3, -0.25) is 5.32 Å². The van der Waals surface area contributed by atoms with Crippen molar-refractivity contribution in [2.75, 3.05) is 12.3 Å². The largest absolute Gasteiger partial charge is 0.333 e. The maximum atomic E-state index is 9.67. The zero-order valence-electron chi connectivity index (χ0n) is 12.2. The number of imidazole rings is 1. The molecule has 2 N–H and O–H groups in total. The minimum atomic E-state index is -0.403. The number of aromatic nitrogens is 2. The smallest absolute Gasteiger partial charge is 0.166 e. The fraction of sp³-hybridized carbons (Fsp3) is 0.500. The Kier molecular flexibility index (Phi) is 4.18. The first-order valence-corrected chi connectivity index (χ1v) is 8.50. The van der Waals surface area contributed by atoms with Gasteiger partial charge in [0.2, 0.25) is 0 Å². The summed E-state index contributed by atoms with van der Waals surface area (Å²) in [4.78, 5) is 7.90. The van der Waals surface area contributed by atoms with Crippen LogP contribution in [0.2, 0.25) is 0 Å². The maximum Gasteiger partial charge on any atom is 0.166 e. The first kappa shape index (κ1) is 14.4. The van der Waals surface area contributed by atoms with Crippen LogP contribution in [-0.4, -0.2) is 27.8 Å². The van der Waals surface area contributed by atoms with Gasteiger partial charge in [-0.1, -0.05) is 30.8 Å². The van der Waals surface area contributed by atoms with Gasteiger partial charge >= 0.3 is 0 Å². The Morgan fingerprint density at radius 1 is 1.48 bits per heavy atom. The molecule has 5 heteroatoms. The lowest BCUT2D eigenvalue weighted by molar-refractivity contribution is 0.405. The third kappa shape index (κ3) is 3.07. The molecule has 0 bridgehead atoms. The molecular weight excluding hydrogens is 280 g/mol. The Balaban J connectivity index is 1.72. The van der Waals surface area contributed by atoms with Crippen LogP contribution in [0.1, 0.15) is 26.2 Å². The van der Waals surface area contributed by atoms with Gasteiger partial charge in [-0.2, -0.15) is 5.26 Å². The standard InChI is InChI=1S/C16H20N4S/c1-2-9-18-16(10-17,12-7-8-12)11-21-15-19-13-5-3-4-6-14(13)20-15/h3-6,12,18H,2,7-9,11H2,1H3,(H,19,20). The average Bonchev–Trinajstić information content (AvgIpc) is 3.28. The topological polar surface area (TPSA) is 64.5 Å². The van der Waals surface area contributed by atoms with E-state index in [2.05, 4.69) is 28.3 Å². The lowest BCUT2D eigenvalue weighted by Gasteiger charge is -2.27. The van der Waals surface area contributed by atoms with Gasteiger partial charge in [-0.25, -0.2) is 4.98 Å². The Bertz CT molecular complexity index is 623. The van der Waals surface area contributed by atoms with Crippen molar-refractivity contribution in [3.8, 4) is 6.07 Å². The molecule has 1 aliphatic rings. The molecule has 1 atom stereocenters.